The van der Waals surface area contributed by atoms with Gasteiger partial charge in [-0.15, -0.1) is 0 Å². The summed E-state index contributed by atoms with van der Waals surface area (Å²) in [6.07, 6.45) is 0. The van der Waals surface area contributed by atoms with Crippen molar-refractivity contribution in [3.63, 3.8) is 0 Å². The minimum atomic E-state index is -0.343. The Hall–Kier alpha value is -3.15. The quantitative estimate of drug-likeness (QED) is 0.720. The van der Waals surface area contributed by atoms with Crippen molar-refractivity contribution in [2.75, 3.05) is 11.9 Å². The highest BCUT2D eigenvalue weighted by atomic mass is 19.1. The summed E-state index contributed by atoms with van der Waals surface area (Å²) < 4.78 is 20.6. The molecule has 1 aliphatic rings. The van der Waals surface area contributed by atoms with Crippen molar-refractivity contribution in [1.82, 2.24) is 9.78 Å². The predicted octanol–water partition coefficient (Wildman–Crippen LogP) is 3.40. The van der Waals surface area contributed by atoms with Crippen molar-refractivity contribution in [2.45, 2.75) is 6.61 Å². The summed E-state index contributed by atoms with van der Waals surface area (Å²) in [5, 5.41) is 4.43. The first-order valence-corrected chi connectivity index (χ1v) is 7.88. The van der Waals surface area contributed by atoms with Gasteiger partial charge in [0.1, 0.15) is 18.2 Å². The number of anilines is 1. The number of para-hydroxylation sites is 1. The maximum atomic E-state index is 13.1. The number of ether oxygens (including phenoxy) is 1. The number of aryl methyl sites for hydroxylation is 1. The number of fused-ring (bicyclic) bond motifs is 3. The van der Waals surface area contributed by atoms with E-state index in [0.717, 1.165) is 22.6 Å². The summed E-state index contributed by atoms with van der Waals surface area (Å²) in [5.74, 6) is 0.181. The molecular formula is C19H16FN3O2. The van der Waals surface area contributed by atoms with Crippen LogP contribution in [0.5, 0.6) is 5.75 Å². The second kappa shape index (κ2) is 5.73. The molecule has 0 saturated carbocycles. The van der Waals surface area contributed by atoms with Crippen LogP contribution < -0.4 is 9.64 Å². The molecule has 6 heteroatoms. The smallest absolute Gasteiger partial charge is 0.278 e. The van der Waals surface area contributed by atoms with E-state index in [1.165, 1.54) is 17.0 Å². The van der Waals surface area contributed by atoms with Gasteiger partial charge in [0.05, 0.1) is 5.69 Å². The molecule has 4 rings (SSSR count). The van der Waals surface area contributed by atoms with Gasteiger partial charge in [-0.1, -0.05) is 12.1 Å². The molecule has 1 aromatic heterocycles. The van der Waals surface area contributed by atoms with E-state index in [4.69, 9.17) is 4.74 Å². The monoisotopic (exact) mass is 337 g/mol. The number of rotatable bonds is 2. The van der Waals surface area contributed by atoms with Crippen LogP contribution in [0.2, 0.25) is 0 Å². The summed E-state index contributed by atoms with van der Waals surface area (Å²) in [5.41, 5.74) is 3.52. The Bertz CT molecular complexity index is 963. The molecule has 0 radical (unpaired) electrons. The van der Waals surface area contributed by atoms with Crippen LogP contribution in [0.15, 0.2) is 48.5 Å². The third-order valence-corrected chi connectivity index (χ3v) is 4.38. The largest absolute Gasteiger partial charge is 0.488 e. The van der Waals surface area contributed by atoms with Gasteiger partial charge in [-0.2, -0.15) is 5.10 Å². The van der Waals surface area contributed by atoms with Crippen LogP contribution in [0.25, 0.3) is 11.3 Å². The molecule has 0 atom stereocenters. The van der Waals surface area contributed by atoms with Crippen molar-refractivity contribution >= 4 is 11.6 Å². The highest BCUT2D eigenvalue weighted by molar-refractivity contribution is 6.06. The third-order valence-electron chi connectivity index (χ3n) is 4.38. The average molecular weight is 337 g/mol. The van der Waals surface area contributed by atoms with E-state index in [0.29, 0.717) is 18.0 Å². The number of amides is 1. The van der Waals surface area contributed by atoms with Gasteiger partial charge in [-0.25, -0.2) is 4.39 Å². The van der Waals surface area contributed by atoms with Crippen LogP contribution in [0.4, 0.5) is 10.1 Å². The highest BCUT2D eigenvalue weighted by Crippen LogP contribution is 2.38. The summed E-state index contributed by atoms with van der Waals surface area (Å²) in [4.78, 5) is 14.4. The van der Waals surface area contributed by atoms with Crippen molar-refractivity contribution < 1.29 is 13.9 Å². The van der Waals surface area contributed by atoms with E-state index in [-0.39, 0.29) is 11.7 Å². The van der Waals surface area contributed by atoms with Gasteiger partial charge in [-0.3, -0.25) is 9.48 Å². The van der Waals surface area contributed by atoms with E-state index in [2.05, 4.69) is 5.10 Å². The van der Waals surface area contributed by atoms with Gasteiger partial charge in [0.15, 0.2) is 5.69 Å². The highest BCUT2D eigenvalue weighted by Gasteiger charge is 2.29. The Morgan fingerprint density at radius 1 is 1.20 bits per heavy atom. The van der Waals surface area contributed by atoms with Gasteiger partial charge in [0.25, 0.3) is 5.91 Å². The van der Waals surface area contributed by atoms with Gasteiger partial charge in [-0.05, 0) is 36.4 Å². The maximum Gasteiger partial charge on any atom is 0.278 e. The van der Waals surface area contributed by atoms with Crippen LogP contribution in [0.1, 0.15) is 16.1 Å². The van der Waals surface area contributed by atoms with Gasteiger partial charge in [0.2, 0.25) is 0 Å². The van der Waals surface area contributed by atoms with Crippen molar-refractivity contribution in [2.24, 2.45) is 7.05 Å². The number of benzene rings is 2. The lowest BCUT2D eigenvalue weighted by atomic mass is 10.0. The Kier molecular flexibility index (Phi) is 3.53. The molecule has 0 bridgehead atoms. The van der Waals surface area contributed by atoms with E-state index in [9.17, 15) is 9.18 Å². The second-order valence-electron chi connectivity index (χ2n) is 5.92. The lowest BCUT2D eigenvalue weighted by molar-refractivity contribution is 0.0985. The normalized spacial score (nSPS) is 12.1. The number of nitrogens with zero attached hydrogens (tertiary/aromatic N) is 3. The molecule has 2 heterocycles. The minimum Gasteiger partial charge on any atom is -0.488 e. The lowest BCUT2D eigenvalue weighted by Crippen LogP contribution is -2.28. The number of carbonyl (C=O) groups is 1. The molecule has 0 aliphatic carbocycles. The number of hydrogen-bond donors (Lipinski definition) is 0. The van der Waals surface area contributed by atoms with Crippen LogP contribution in [-0.2, 0) is 13.7 Å². The van der Waals surface area contributed by atoms with Crippen molar-refractivity contribution in [1.29, 1.82) is 0 Å². The fourth-order valence-electron chi connectivity index (χ4n) is 3.09. The minimum absolute atomic E-state index is 0.258. The first-order chi connectivity index (χ1) is 12.1. The molecule has 5 nitrogen and oxygen atoms in total. The van der Waals surface area contributed by atoms with Crippen LogP contribution in [0, 0.1) is 5.82 Å². The van der Waals surface area contributed by atoms with E-state index >= 15 is 0 Å². The number of hydrogen-bond acceptors (Lipinski definition) is 3. The summed E-state index contributed by atoms with van der Waals surface area (Å²) in [6, 6.07) is 13.5. The first-order valence-electron chi connectivity index (χ1n) is 7.88. The SMILES string of the molecule is CN(C(=O)c1nn(C)c2c1COc1ccccc1-2)c1ccc(F)cc1. The number of halogens is 1. The van der Waals surface area contributed by atoms with E-state index in [1.807, 2.05) is 31.3 Å². The molecule has 0 saturated heterocycles. The van der Waals surface area contributed by atoms with Crippen LogP contribution >= 0.6 is 0 Å². The summed E-state index contributed by atoms with van der Waals surface area (Å²) >= 11 is 0. The van der Waals surface area contributed by atoms with Crippen LogP contribution in [0.3, 0.4) is 0 Å². The van der Waals surface area contributed by atoms with Crippen LogP contribution in [-0.4, -0.2) is 22.7 Å². The molecule has 0 N–H and O–H groups in total. The Morgan fingerprint density at radius 3 is 2.68 bits per heavy atom. The zero-order valence-corrected chi connectivity index (χ0v) is 13.9. The molecule has 0 spiro atoms. The summed E-state index contributed by atoms with van der Waals surface area (Å²) in [7, 11) is 3.46. The average Bonchev–Trinajstić information content (AvgIpc) is 2.98. The van der Waals surface area contributed by atoms with Gasteiger partial charge < -0.3 is 9.64 Å². The molecule has 126 valence electrons. The molecule has 3 aromatic rings. The second-order valence-corrected chi connectivity index (χ2v) is 5.92. The fourth-order valence-corrected chi connectivity index (χ4v) is 3.09. The maximum absolute atomic E-state index is 13.1. The first kappa shape index (κ1) is 15.4. The Balaban J connectivity index is 1.75. The molecule has 0 fully saturated rings. The van der Waals surface area contributed by atoms with E-state index in [1.54, 1.807) is 23.9 Å². The topological polar surface area (TPSA) is 47.4 Å². The molecular weight excluding hydrogens is 321 g/mol. The molecule has 1 aliphatic heterocycles. The van der Waals surface area contributed by atoms with Crippen molar-refractivity contribution in [3.8, 4) is 17.0 Å². The standard InChI is InChI=1S/C19H16FN3O2/c1-22(13-9-7-12(20)8-10-13)19(24)17-15-11-25-16-6-4-3-5-14(16)18(15)23(2)21-17/h3-10H,11H2,1-2H3. The fraction of sp³-hybridized carbons (Fsp3) is 0.158. The number of carbonyl (C=O) groups excluding carboxylic acids is 1. The zero-order chi connectivity index (χ0) is 17.6. The zero-order valence-electron chi connectivity index (χ0n) is 13.9. The third kappa shape index (κ3) is 2.46. The lowest BCUT2D eigenvalue weighted by Gasteiger charge is -2.20. The molecule has 2 aromatic carbocycles. The van der Waals surface area contributed by atoms with Crippen molar-refractivity contribution in [3.05, 3.63) is 65.6 Å². The van der Waals surface area contributed by atoms with E-state index < -0.39 is 0 Å². The molecule has 0 unspecified atom stereocenters. The molecule has 25 heavy (non-hydrogen) atoms. The Labute approximate surface area is 144 Å². The number of aromatic nitrogens is 2. The predicted molar refractivity (Wildman–Crippen MR) is 92.1 cm³/mol. The molecule has 1 amide bonds. The Morgan fingerprint density at radius 2 is 1.92 bits per heavy atom. The van der Waals surface area contributed by atoms with Gasteiger partial charge in [0, 0.05) is 30.9 Å². The van der Waals surface area contributed by atoms with Gasteiger partial charge >= 0.3 is 0 Å². The summed E-state index contributed by atoms with van der Waals surface area (Å²) in [6.45, 7) is 0.290.